The quantitative estimate of drug-likeness (QED) is 0.745. The Kier molecular flexibility index (Phi) is 5.91. The van der Waals surface area contributed by atoms with Gasteiger partial charge in [-0.15, -0.1) is 5.10 Å². The molecule has 0 spiro atoms. The second-order valence-corrected chi connectivity index (χ2v) is 7.74. The van der Waals surface area contributed by atoms with Gasteiger partial charge in [-0.05, 0) is 24.3 Å². The molecular weight excluding hydrogens is 430 g/mol. The number of amides is 1. The van der Waals surface area contributed by atoms with E-state index in [0.717, 1.165) is 5.56 Å². The van der Waals surface area contributed by atoms with E-state index >= 15 is 0 Å². The maximum atomic E-state index is 13.9. The van der Waals surface area contributed by atoms with Crippen LogP contribution in [0, 0.1) is 5.41 Å². The van der Waals surface area contributed by atoms with Crippen molar-refractivity contribution in [1.29, 1.82) is 5.41 Å². The minimum Gasteiger partial charge on any atom is -0.417 e. The number of halogens is 2. The molecule has 0 atom stereocenters. The SMILES string of the molecule is CN(C)C(=O)c1ccc(C2=NC(=C3NN=C(c4ccccc4)O3)C(=N)N(C)C2)c(C(F)F)c1. The van der Waals surface area contributed by atoms with Gasteiger partial charge in [0, 0.05) is 43.4 Å². The minimum atomic E-state index is -2.81. The van der Waals surface area contributed by atoms with E-state index < -0.39 is 6.43 Å². The number of amidine groups is 1. The standard InChI is InChI=1S/C23H22F2N6O2/c1-30(2)23(32)14-9-10-15(16(11-14)19(24)25)17-12-31(3)20(26)18(27-17)22-29-28-21(33-22)13-7-5-4-6-8-13/h4-11,19,26,29H,12H2,1-3H3. The predicted octanol–water partition coefficient (Wildman–Crippen LogP) is 3.19. The number of ether oxygens (including phenoxy) is 1. The average molecular weight is 452 g/mol. The number of hydrazone groups is 1. The van der Waals surface area contributed by atoms with Crippen LogP contribution in [0.1, 0.15) is 33.5 Å². The zero-order chi connectivity index (χ0) is 23.7. The van der Waals surface area contributed by atoms with Gasteiger partial charge >= 0.3 is 0 Å². The van der Waals surface area contributed by atoms with E-state index in [4.69, 9.17) is 10.1 Å². The smallest absolute Gasteiger partial charge is 0.264 e. The van der Waals surface area contributed by atoms with Crippen molar-refractivity contribution in [3.8, 4) is 0 Å². The van der Waals surface area contributed by atoms with Crippen LogP contribution in [0.4, 0.5) is 8.78 Å². The zero-order valence-electron chi connectivity index (χ0n) is 18.3. The summed E-state index contributed by atoms with van der Waals surface area (Å²) in [4.78, 5) is 19.6. The Labute approximate surface area is 189 Å². The van der Waals surface area contributed by atoms with Crippen molar-refractivity contribution in [3.05, 3.63) is 82.4 Å². The van der Waals surface area contributed by atoms with Crippen molar-refractivity contribution >= 4 is 23.4 Å². The number of aliphatic imine (C=N–C) groups is 1. The predicted molar refractivity (Wildman–Crippen MR) is 121 cm³/mol. The van der Waals surface area contributed by atoms with Gasteiger partial charge in [0.25, 0.3) is 12.3 Å². The molecule has 0 bridgehead atoms. The third-order valence-corrected chi connectivity index (χ3v) is 5.18. The molecule has 0 saturated heterocycles. The van der Waals surface area contributed by atoms with Crippen molar-refractivity contribution in [2.45, 2.75) is 6.43 Å². The highest BCUT2D eigenvalue weighted by atomic mass is 19.3. The van der Waals surface area contributed by atoms with Crippen molar-refractivity contribution in [3.63, 3.8) is 0 Å². The van der Waals surface area contributed by atoms with Gasteiger partial charge in [0.15, 0.2) is 11.5 Å². The number of nitrogens with one attached hydrogen (secondary N) is 2. The molecule has 8 nitrogen and oxygen atoms in total. The fourth-order valence-corrected chi connectivity index (χ4v) is 3.46. The summed E-state index contributed by atoms with van der Waals surface area (Å²) in [7, 11) is 4.78. The van der Waals surface area contributed by atoms with Gasteiger partial charge in [-0.2, -0.15) is 0 Å². The summed E-state index contributed by atoms with van der Waals surface area (Å²) < 4.78 is 33.7. The molecular formula is C23H22F2N6O2. The topological polar surface area (TPSA) is 93.4 Å². The first kappa shape index (κ1) is 22.1. The molecule has 0 aromatic heterocycles. The molecule has 2 aliphatic rings. The number of rotatable bonds is 4. The molecule has 33 heavy (non-hydrogen) atoms. The molecule has 0 fully saturated rings. The number of nitrogens with zero attached hydrogens (tertiary/aromatic N) is 4. The van der Waals surface area contributed by atoms with E-state index in [0.29, 0.717) is 11.6 Å². The first-order valence-electron chi connectivity index (χ1n) is 10.1. The first-order chi connectivity index (χ1) is 15.8. The number of benzene rings is 2. The van der Waals surface area contributed by atoms with Crippen LogP contribution in [-0.4, -0.2) is 60.8 Å². The third-order valence-electron chi connectivity index (χ3n) is 5.18. The third kappa shape index (κ3) is 4.32. The zero-order valence-corrected chi connectivity index (χ0v) is 18.3. The number of hydrogen-bond donors (Lipinski definition) is 2. The number of likely N-dealkylation sites (N-methyl/N-ethyl adjacent to an activating group) is 1. The van der Waals surface area contributed by atoms with Gasteiger partial charge in [0.05, 0.1) is 12.3 Å². The van der Waals surface area contributed by atoms with Crippen LogP contribution in [0.2, 0.25) is 0 Å². The summed E-state index contributed by atoms with van der Waals surface area (Å²) >= 11 is 0. The molecule has 1 amide bonds. The second kappa shape index (κ2) is 8.81. The highest BCUT2D eigenvalue weighted by Crippen LogP contribution is 2.28. The molecule has 2 aliphatic heterocycles. The molecule has 10 heteroatoms. The molecule has 4 rings (SSSR count). The summed E-state index contributed by atoms with van der Waals surface area (Å²) in [6, 6.07) is 13.4. The Bertz CT molecular complexity index is 1200. The summed E-state index contributed by atoms with van der Waals surface area (Å²) in [5.41, 5.74) is 4.03. The van der Waals surface area contributed by atoms with Gasteiger partial charge in [0.1, 0.15) is 0 Å². The fraction of sp³-hybridized carbons (Fsp3) is 0.217. The Morgan fingerprint density at radius 2 is 1.94 bits per heavy atom. The Hall–Kier alpha value is -4.08. The molecule has 2 heterocycles. The molecule has 2 N–H and O–H groups in total. The van der Waals surface area contributed by atoms with Crippen molar-refractivity contribution in [1.82, 2.24) is 15.2 Å². The second-order valence-electron chi connectivity index (χ2n) is 7.74. The van der Waals surface area contributed by atoms with Crippen LogP contribution >= 0.6 is 0 Å². The van der Waals surface area contributed by atoms with Crippen molar-refractivity contribution in [2.75, 3.05) is 27.7 Å². The maximum Gasteiger partial charge on any atom is 0.264 e. The minimum absolute atomic E-state index is 0.0590. The van der Waals surface area contributed by atoms with E-state index in [2.05, 4.69) is 15.5 Å². The van der Waals surface area contributed by atoms with Crippen LogP contribution in [0.25, 0.3) is 0 Å². The molecule has 0 saturated carbocycles. The lowest BCUT2D eigenvalue weighted by Gasteiger charge is -2.27. The number of carbonyl (C=O) groups is 1. The van der Waals surface area contributed by atoms with Crippen LogP contribution in [0.15, 0.2) is 70.2 Å². The van der Waals surface area contributed by atoms with Gasteiger partial charge < -0.3 is 14.5 Å². The fourth-order valence-electron chi connectivity index (χ4n) is 3.46. The van der Waals surface area contributed by atoms with Crippen molar-refractivity contribution < 1.29 is 18.3 Å². The van der Waals surface area contributed by atoms with Crippen LogP contribution in [0.5, 0.6) is 0 Å². The Morgan fingerprint density at radius 1 is 1.21 bits per heavy atom. The lowest BCUT2D eigenvalue weighted by atomic mass is 9.98. The first-order valence-corrected chi connectivity index (χ1v) is 10.1. The maximum absolute atomic E-state index is 13.9. The normalized spacial score (nSPS) is 18.0. The molecule has 0 radical (unpaired) electrons. The average Bonchev–Trinajstić information content (AvgIpc) is 3.30. The van der Waals surface area contributed by atoms with Crippen LogP contribution < -0.4 is 5.43 Å². The Balaban J connectivity index is 1.73. The molecule has 170 valence electrons. The van der Waals surface area contributed by atoms with E-state index in [-0.39, 0.29) is 46.6 Å². The Morgan fingerprint density at radius 3 is 2.61 bits per heavy atom. The number of hydrogen-bond acceptors (Lipinski definition) is 6. The number of carbonyl (C=O) groups excluding carboxylic acids is 1. The lowest BCUT2D eigenvalue weighted by Crippen LogP contribution is -2.38. The summed E-state index contributed by atoms with van der Waals surface area (Å²) in [6.07, 6.45) is -2.81. The van der Waals surface area contributed by atoms with E-state index in [1.54, 1.807) is 26.0 Å². The number of alkyl halides is 2. The van der Waals surface area contributed by atoms with E-state index in [9.17, 15) is 13.6 Å². The largest absolute Gasteiger partial charge is 0.417 e. The van der Waals surface area contributed by atoms with Crippen LogP contribution in [0.3, 0.4) is 0 Å². The van der Waals surface area contributed by atoms with Crippen molar-refractivity contribution in [2.24, 2.45) is 10.1 Å². The van der Waals surface area contributed by atoms with Gasteiger partial charge in [-0.3, -0.25) is 10.2 Å². The van der Waals surface area contributed by atoms with Gasteiger partial charge in [-0.25, -0.2) is 19.2 Å². The molecule has 2 aromatic rings. The monoisotopic (exact) mass is 452 g/mol. The summed E-state index contributed by atoms with van der Waals surface area (Å²) in [6.45, 7) is 0.142. The van der Waals surface area contributed by atoms with Crippen LogP contribution in [-0.2, 0) is 4.74 Å². The molecule has 0 unspecified atom stereocenters. The van der Waals surface area contributed by atoms with E-state index in [1.807, 2.05) is 30.3 Å². The highest BCUT2D eigenvalue weighted by Gasteiger charge is 2.30. The van der Waals surface area contributed by atoms with E-state index in [1.165, 1.54) is 23.1 Å². The molecule has 2 aromatic carbocycles. The van der Waals surface area contributed by atoms with Gasteiger partial charge in [-0.1, -0.05) is 24.3 Å². The summed E-state index contributed by atoms with van der Waals surface area (Å²) in [5, 5.41) is 12.6. The highest BCUT2D eigenvalue weighted by molar-refractivity contribution is 6.12. The lowest BCUT2D eigenvalue weighted by molar-refractivity contribution is 0.0827. The summed E-state index contributed by atoms with van der Waals surface area (Å²) in [5.74, 6) is 0.144. The van der Waals surface area contributed by atoms with Gasteiger partial charge in [0.2, 0.25) is 11.8 Å². The molecule has 0 aliphatic carbocycles.